The summed E-state index contributed by atoms with van der Waals surface area (Å²) < 4.78 is 0. The van der Waals surface area contributed by atoms with Crippen LogP contribution in [0, 0.1) is 0 Å². The van der Waals surface area contributed by atoms with Gasteiger partial charge in [-0.05, 0) is 32.5 Å². The molecule has 2 heterocycles. The fraction of sp³-hybridized carbons (Fsp3) is 0.625. The van der Waals surface area contributed by atoms with E-state index in [0.717, 1.165) is 5.92 Å². The van der Waals surface area contributed by atoms with Gasteiger partial charge in [0.05, 0.1) is 0 Å². The fourth-order valence-electron chi connectivity index (χ4n) is 3.19. The summed E-state index contributed by atoms with van der Waals surface area (Å²) in [5, 5.41) is 0. The van der Waals surface area contributed by atoms with Crippen molar-refractivity contribution in [1.29, 1.82) is 0 Å². The first-order valence-electron chi connectivity index (χ1n) is 7.21. The van der Waals surface area contributed by atoms with Gasteiger partial charge in [0.15, 0.2) is 0 Å². The Bertz CT molecular complexity index is 458. The van der Waals surface area contributed by atoms with E-state index in [1.807, 2.05) is 11.8 Å². The lowest BCUT2D eigenvalue weighted by atomic mass is 9.96. The molecule has 1 fully saturated rings. The molecule has 3 heteroatoms. The number of hydrogen-bond acceptors (Lipinski definition) is 3. The minimum atomic E-state index is 0.309. The first-order chi connectivity index (χ1) is 9.06. The van der Waals surface area contributed by atoms with Crippen molar-refractivity contribution in [3.63, 3.8) is 0 Å². The summed E-state index contributed by atoms with van der Waals surface area (Å²) in [7, 11) is 2.25. The Balaban J connectivity index is 1.67. The van der Waals surface area contributed by atoms with E-state index in [1.165, 1.54) is 36.8 Å². The van der Waals surface area contributed by atoms with Crippen molar-refractivity contribution in [3.8, 4) is 0 Å². The molecule has 1 aromatic rings. The molecule has 1 saturated heterocycles. The van der Waals surface area contributed by atoms with E-state index in [2.05, 4.69) is 55.0 Å². The van der Waals surface area contributed by atoms with Crippen LogP contribution in [-0.2, 0) is 0 Å². The summed E-state index contributed by atoms with van der Waals surface area (Å²) in [6.07, 6.45) is 0. The zero-order valence-electron chi connectivity index (χ0n) is 12.2. The SMILES string of the molecule is CN1CCN(CC2CSc3ccccc32)CC1(C)C. The maximum atomic E-state index is 2.66. The van der Waals surface area contributed by atoms with Gasteiger partial charge in [-0.2, -0.15) is 0 Å². The number of benzene rings is 1. The van der Waals surface area contributed by atoms with Crippen LogP contribution in [0.2, 0.25) is 0 Å². The highest BCUT2D eigenvalue weighted by molar-refractivity contribution is 7.99. The zero-order chi connectivity index (χ0) is 13.5. The molecule has 0 spiro atoms. The highest BCUT2D eigenvalue weighted by Crippen LogP contribution is 2.39. The lowest BCUT2D eigenvalue weighted by Gasteiger charge is -2.46. The second-order valence-corrected chi connectivity index (χ2v) is 7.58. The van der Waals surface area contributed by atoms with Crippen LogP contribution in [0.3, 0.4) is 0 Å². The molecule has 104 valence electrons. The molecule has 3 rings (SSSR count). The number of piperazine rings is 1. The van der Waals surface area contributed by atoms with Gasteiger partial charge in [-0.3, -0.25) is 9.80 Å². The highest BCUT2D eigenvalue weighted by Gasteiger charge is 2.33. The van der Waals surface area contributed by atoms with E-state index < -0.39 is 0 Å². The third-order valence-corrected chi connectivity index (χ3v) is 5.92. The summed E-state index contributed by atoms with van der Waals surface area (Å²) in [5.74, 6) is 1.98. The van der Waals surface area contributed by atoms with Gasteiger partial charge < -0.3 is 0 Å². The van der Waals surface area contributed by atoms with Crippen molar-refractivity contribution >= 4 is 11.8 Å². The van der Waals surface area contributed by atoms with E-state index in [0.29, 0.717) is 5.54 Å². The second-order valence-electron chi connectivity index (χ2n) is 6.51. The van der Waals surface area contributed by atoms with Gasteiger partial charge in [-0.25, -0.2) is 0 Å². The summed E-state index contributed by atoms with van der Waals surface area (Å²) in [4.78, 5) is 6.65. The Labute approximate surface area is 121 Å². The van der Waals surface area contributed by atoms with Crippen LogP contribution in [0.25, 0.3) is 0 Å². The van der Waals surface area contributed by atoms with E-state index >= 15 is 0 Å². The minimum absolute atomic E-state index is 0.309. The monoisotopic (exact) mass is 276 g/mol. The number of nitrogens with zero attached hydrogens (tertiary/aromatic N) is 2. The molecule has 19 heavy (non-hydrogen) atoms. The first kappa shape index (κ1) is 13.5. The molecule has 2 nitrogen and oxygen atoms in total. The van der Waals surface area contributed by atoms with Crippen LogP contribution >= 0.6 is 11.8 Å². The van der Waals surface area contributed by atoms with Crippen molar-refractivity contribution in [2.75, 3.05) is 39.0 Å². The molecule has 0 N–H and O–H groups in total. The molecular weight excluding hydrogens is 252 g/mol. The quantitative estimate of drug-likeness (QED) is 0.820. The molecule has 0 amide bonds. The molecule has 0 bridgehead atoms. The number of fused-ring (bicyclic) bond motifs is 1. The van der Waals surface area contributed by atoms with Gasteiger partial charge in [0, 0.05) is 48.3 Å². The predicted molar refractivity (Wildman–Crippen MR) is 83.1 cm³/mol. The molecule has 1 aromatic carbocycles. The van der Waals surface area contributed by atoms with Crippen molar-refractivity contribution < 1.29 is 0 Å². The minimum Gasteiger partial charge on any atom is -0.300 e. The van der Waals surface area contributed by atoms with E-state index in [4.69, 9.17) is 0 Å². The van der Waals surface area contributed by atoms with E-state index in [1.54, 1.807) is 5.56 Å². The molecular formula is C16H24N2S. The van der Waals surface area contributed by atoms with E-state index in [-0.39, 0.29) is 0 Å². The summed E-state index contributed by atoms with van der Waals surface area (Å²) >= 11 is 2.03. The molecule has 0 saturated carbocycles. The van der Waals surface area contributed by atoms with Crippen LogP contribution < -0.4 is 0 Å². The summed E-state index contributed by atoms with van der Waals surface area (Å²) in [6.45, 7) is 9.53. The maximum absolute atomic E-state index is 2.66. The highest BCUT2D eigenvalue weighted by atomic mass is 32.2. The van der Waals surface area contributed by atoms with Crippen LogP contribution in [0.5, 0.6) is 0 Å². The molecule has 1 atom stereocenters. The molecule has 1 unspecified atom stereocenters. The molecule has 2 aliphatic heterocycles. The average molecular weight is 276 g/mol. The van der Waals surface area contributed by atoms with Gasteiger partial charge >= 0.3 is 0 Å². The normalized spacial score (nSPS) is 27.4. The van der Waals surface area contributed by atoms with Crippen molar-refractivity contribution in [2.45, 2.75) is 30.2 Å². The maximum Gasteiger partial charge on any atom is 0.0277 e. The van der Waals surface area contributed by atoms with Crippen LogP contribution in [0.15, 0.2) is 29.2 Å². The Morgan fingerprint density at radius 2 is 2.05 bits per heavy atom. The smallest absolute Gasteiger partial charge is 0.0277 e. The Morgan fingerprint density at radius 1 is 1.26 bits per heavy atom. The van der Waals surface area contributed by atoms with Crippen molar-refractivity contribution in [1.82, 2.24) is 9.80 Å². The first-order valence-corrected chi connectivity index (χ1v) is 8.20. The third kappa shape index (κ3) is 2.69. The average Bonchev–Trinajstić information content (AvgIpc) is 2.77. The standard InChI is InChI=1S/C16H24N2S/c1-16(2)12-18(9-8-17(16)3)10-13-11-19-15-7-5-4-6-14(13)15/h4-7,13H,8-12H2,1-3H3. The van der Waals surface area contributed by atoms with Gasteiger partial charge in [0.1, 0.15) is 0 Å². The third-order valence-electron chi connectivity index (χ3n) is 4.67. The van der Waals surface area contributed by atoms with Crippen LogP contribution in [0.1, 0.15) is 25.3 Å². The summed E-state index contributed by atoms with van der Waals surface area (Å²) in [5.41, 5.74) is 1.88. The lowest BCUT2D eigenvalue weighted by Crippen LogP contribution is -2.58. The Morgan fingerprint density at radius 3 is 2.84 bits per heavy atom. The van der Waals surface area contributed by atoms with E-state index in [9.17, 15) is 0 Å². The molecule has 0 radical (unpaired) electrons. The lowest BCUT2D eigenvalue weighted by molar-refractivity contribution is 0.0379. The van der Waals surface area contributed by atoms with Gasteiger partial charge in [0.25, 0.3) is 0 Å². The number of rotatable bonds is 2. The number of hydrogen-bond donors (Lipinski definition) is 0. The number of likely N-dealkylation sites (N-methyl/N-ethyl adjacent to an activating group) is 1. The fourth-order valence-corrected chi connectivity index (χ4v) is 4.43. The Hall–Kier alpha value is -0.510. The van der Waals surface area contributed by atoms with Crippen molar-refractivity contribution in [3.05, 3.63) is 29.8 Å². The number of thioether (sulfide) groups is 1. The largest absolute Gasteiger partial charge is 0.300 e. The summed E-state index contributed by atoms with van der Waals surface area (Å²) in [6, 6.07) is 8.94. The molecule has 0 aromatic heterocycles. The molecule has 2 aliphatic rings. The van der Waals surface area contributed by atoms with Crippen LogP contribution in [0.4, 0.5) is 0 Å². The Kier molecular flexibility index (Phi) is 3.63. The molecule has 0 aliphatic carbocycles. The van der Waals surface area contributed by atoms with Gasteiger partial charge in [-0.1, -0.05) is 18.2 Å². The predicted octanol–water partition coefficient (Wildman–Crippen LogP) is 2.90. The van der Waals surface area contributed by atoms with Gasteiger partial charge in [-0.15, -0.1) is 11.8 Å². The van der Waals surface area contributed by atoms with Gasteiger partial charge in [0.2, 0.25) is 0 Å². The van der Waals surface area contributed by atoms with Crippen molar-refractivity contribution in [2.24, 2.45) is 0 Å². The second kappa shape index (κ2) is 5.12. The zero-order valence-corrected chi connectivity index (χ0v) is 13.0. The topological polar surface area (TPSA) is 6.48 Å². The van der Waals surface area contributed by atoms with Crippen LogP contribution in [-0.4, -0.2) is 54.3 Å².